The second-order valence-electron chi connectivity index (χ2n) is 8.43. The first-order valence-corrected chi connectivity index (χ1v) is 12.1. The number of Topliss-reactive ketones (excluding diaryl/α,β-unsaturated/α-hetero) is 1. The van der Waals surface area contributed by atoms with Crippen LogP contribution in [0.5, 0.6) is 0 Å². The highest BCUT2D eigenvalue weighted by atomic mass is 32.1. The average molecular weight is 465 g/mol. The molecule has 1 aliphatic rings. The third-order valence-electron chi connectivity index (χ3n) is 5.96. The lowest BCUT2D eigenvalue weighted by molar-refractivity contribution is -0.127. The summed E-state index contributed by atoms with van der Waals surface area (Å²) >= 11 is 1.48. The number of anilines is 1. The van der Waals surface area contributed by atoms with Crippen molar-refractivity contribution in [3.8, 4) is 0 Å². The molecule has 2 amide bonds. The number of carbonyl (C=O) groups excluding carboxylic acids is 3. The maximum atomic E-state index is 13.7. The molecule has 6 nitrogen and oxygen atoms in total. The van der Waals surface area contributed by atoms with Gasteiger partial charge in [-0.15, -0.1) is 11.3 Å². The summed E-state index contributed by atoms with van der Waals surface area (Å²) < 4.78 is 5.88. The molecule has 1 fully saturated rings. The van der Waals surface area contributed by atoms with Crippen LogP contribution in [-0.4, -0.2) is 23.6 Å². The summed E-state index contributed by atoms with van der Waals surface area (Å²) in [6, 6.07) is 13.3. The van der Waals surface area contributed by atoms with Crippen LogP contribution in [0.1, 0.15) is 65.4 Å². The van der Waals surface area contributed by atoms with Gasteiger partial charge in [0.1, 0.15) is 11.5 Å². The van der Waals surface area contributed by atoms with Gasteiger partial charge in [0.2, 0.25) is 5.91 Å². The van der Waals surface area contributed by atoms with Crippen molar-refractivity contribution in [1.29, 1.82) is 0 Å². The van der Waals surface area contributed by atoms with Gasteiger partial charge in [0.15, 0.2) is 11.8 Å². The van der Waals surface area contributed by atoms with Crippen molar-refractivity contribution in [2.75, 3.05) is 4.90 Å². The molecule has 1 saturated carbocycles. The topological polar surface area (TPSA) is 79.6 Å². The molecule has 172 valence electrons. The molecule has 1 atom stereocenters. The zero-order valence-electron chi connectivity index (χ0n) is 18.9. The Labute approximate surface area is 197 Å². The number of benzene rings is 1. The SMILES string of the molecule is CC(=O)c1ccccc1N(C(=O)Cc1cccs1)C(C(=O)NC1CCCC1)c1ccc(C)o1. The van der Waals surface area contributed by atoms with E-state index in [1.165, 1.54) is 23.2 Å². The van der Waals surface area contributed by atoms with Crippen LogP contribution in [0.4, 0.5) is 5.69 Å². The Bertz CT molecular complexity index is 1130. The fourth-order valence-corrected chi connectivity index (χ4v) is 5.07. The van der Waals surface area contributed by atoms with Crippen LogP contribution < -0.4 is 10.2 Å². The Balaban J connectivity index is 1.80. The molecule has 4 rings (SSSR count). The van der Waals surface area contributed by atoms with E-state index < -0.39 is 6.04 Å². The number of hydrogen-bond acceptors (Lipinski definition) is 5. The van der Waals surface area contributed by atoms with Gasteiger partial charge >= 0.3 is 0 Å². The van der Waals surface area contributed by atoms with Gasteiger partial charge < -0.3 is 9.73 Å². The van der Waals surface area contributed by atoms with E-state index in [1.54, 1.807) is 43.3 Å². The van der Waals surface area contributed by atoms with Crippen LogP contribution in [0, 0.1) is 6.92 Å². The zero-order chi connectivity index (χ0) is 23.4. The Hall–Kier alpha value is -3.19. The van der Waals surface area contributed by atoms with Crippen molar-refractivity contribution in [2.24, 2.45) is 0 Å². The predicted molar refractivity (Wildman–Crippen MR) is 129 cm³/mol. The van der Waals surface area contributed by atoms with E-state index in [-0.39, 0.29) is 30.1 Å². The number of carbonyl (C=O) groups is 3. The van der Waals surface area contributed by atoms with E-state index >= 15 is 0 Å². The summed E-state index contributed by atoms with van der Waals surface area (Å²) in [5.74, 6) is 0.279. The number of hydrogen-bond donors (Lipinski definition) is 1. The summed E-state index contributed by atoms with van der Waals surface area (Å²) in [6.07, 6.45) is 4.11. The number of thiophene rings is 1. The normalized spacial score (nSPS) is 14.7. The molecule has 3 aromatic rings. The maximum Gasteiger partial charge on any atom is 0.251 e. The van der Waals surface area contributed by atoms with Crippen LogP contribution in [0.15, 0.2) is 58.3 Å². The van der Waals surface area contributed by atoms with Gasteiger partial charge in [0, 0.05) is 16.5 Å². The molecular weight excluding hydrogens is 436 g/mol. The van der Waals surface area contributed by atoms with E-state index in [0.29, 0.717) is 22.8 Å². The molecule has 2 aromatic heterocycles. The number of ketones is 1. The smallest absolute Gasteiger partial charge is 0.251 e. The van der Waals surface area contributed by atoms with E-state index in [0.717, 1.165) is 30.6 Å². The Morgan fingerprint density at radius 3 is 2.48 bits per heavy atom. The summed E-state index contributed by atoms with van der Waals surface area (Å²) in [7, 11) is 0. The van der Waals surface area contributed by atoms with Gasteiger partial charge in [0.05, 0.1) is 12.1 Å². The fraction of sp³-hybridized carbons (Fsp3) is 0.346. The molecule has 2 heterocycles. The highest BCUT2D eigenvalue weighted by molar-refractivity contribution is 7.10. The van der Waals surface area contributed by atoms with Gasteiger partial charge in [-0.25, -0.2) is 0 Å². The summed E-state index contributed by atoms with van der Waals surface area (Å²) in [5.41, 5.74) is 0.797. The number of furan rings is 1. The molecule has 0 spiro atoms. The fourth-order valence-electron chi connectivity index (χ4n) is 4.37. The molecule has 0 aliphatic heterocycles. The van der Waals surface area contributed by atoms with Crippen LogP contribution in [0.25, 0.3) is 0 Å². The number of aryl methyl sites for hydroxylation is 1. The zero-order valence-corrected chi connectivity index (χ0v) is 19.7. The Morgan fingerprint density at radius 1 is 1.09 bits per heavy atom. The molecule has 7 heteroatoms. The second-order valence-corrected chi connectivity index (χ2v) is 9.47. The van der Waals surface area contributed by atoms with Gasteiger partial charge in [-0.1, -0.05) is 31.0 Å². The third kappa shape index (κ3) is 5.25. The van der Waals surface area contributed by atoms with Gasteiger partial charge in [-0.2, -0.15) is 0 Å². The van der Waals surface area contributed by atoms with E-state index in [4.69, 9.17) is 4.42 Å². The standard InChI is InChI=1S/C26H28N2O4S/c1-17-13-14-23(32-17)25(26(31)27-19-8-3-4-9-19)28(24(30)16-20-10-7-15-33-20)22-12-6-5-11-21(22)18(2)29/h5-7,10-15,19,25H,3-4,8-9,16H2,1-2H3,(H,27,31). The lowest BCUT2D eigenvalue weighted by Crippen LogP contribution is -2.47. The Morgan fingerprint density at radius 2 is 1.85 bits per heavy atom. The number of amides is 2. The Kier molecular flexibility index (Phi) is 7.08. The quantitative estimate of drug-likeness (QED) is 0.463. The molecule has 1 aliphatic carbocycles. The van der Waals surface area contributed by atoms with Crippen LogP contribution in [0.3, 0.4) is 0 Å². The molecule has 0 saturated heterocycles. The highest BCUT2D eigenvalue weighted by Crippen LogP contribution is 2.33. The lowest BCUT2D eigenvalue weighted by Gasteiger charge is -2.32. The molecule has 1 aromatic carbocycles. The minimum absolute atomic E-state index is 0.0772. The first-order valence-electron chi connectivity index (χ1n) is 11.2. The molecule has 0 bridgehead atoms. The highest BCUT2D eigenvalue weighted by Gasteiger charge is 2.37. The van der Waals surface area contributed by atoms with Crippen LogP contribution in [-0.2, 0) is 16.0 Å². The van der Waals surface area contributed by atoms with Crippen molar-refractivity contribution in [2.45, 2.75) is 58.0 Å². The number of nitrogens with zero attached hydrogens (tertiary/aromatic N) is 1. The van der Waals surface area contributed by atoms with Crippen LogP contribution in [0.2, 0.25) is 0 Å². The average Bonchev–Trinajstić information content (AvgIpc) is 3.56. The second kappa shape index (κ2) is 10.2. The monoisotopic (exact) mass is 464 g/mol. The number of para-hydroxylation sites is 1. The maximum absolute atomic E-state index is 13.7. The molecule has 33 heavy (non-hydrogen) atoms. The summed E-state index contributed by atoms with van der Waals surface area (Å²) in [4.78, 5) is 42.2. The summed E-state index contributed by atoms with van der Waals surface area (Å²) in [6.45, 7) is 3.27. The first-order chi connectivity index (χ1) is 15.9. The van der Waals surface area contributed by atoms with Crippen molar-refractivity contribution >= 4 is 34.6 Å². The van der Waals surface area contributed by atoms with E-state index in [1.807, 2.05) is 17.5 Å². The summed E-state index contributed by atoms with van der Waals surface area (Å²) in [5, 5.41) is 5.04. The minimum atomic E-state index is -1.02. The molecule has 1 unspecified atom stereocenters. The predicted octanol–water partition coefficient (Wildman–Crippen LogP) is 5.23. The number of nitrogens with one attached hydrogen (secondary N) is 1. The van der Waals surface area contributed by atoms with E-state index in [9.17, 15) is 14.4 Å². The first kappa shape index (κ1) is 23.0. The van der Waals surface area contributed by atoms with Crippen molar-refractivity contribution in [3.63, 3.8) is 0 Å². The van der Waals surface area contributed by atoms with Gasteiger partial charge in [-0.3, -0.25) is 19.3 Å². The molecule has 0 radical (unpaired) electrons. The van der Waals surface area contributed by atoms with Crippen molar-refractivity contribution in [1.82, 2.24) is 5.32 Å². The molecule has 1 N–H and O–H groups in total. The van der Waals surface area contributed by atoms with Gasteiger partial charge in [0.25, 0.3) is 5.91 Å². The minimum Gasteiger partial charge on any atom is -0.464 e. The third-order valence-corrected chi connectivity index (χ3v) is 6.83. The largest absolute Gasteiger partial charge is 0.464 e. The lowest BCUT2D eigenvalue weighted by atomic mass is 10.0. The van der Waals surface area contributed by atoms with Crippen LogP contribution >= 0.6 is 11.3 Å². The van der Waals surface area contributed by atoms with E-state index in [2.05, 4.69) is 5.32 Å². The number of rotatable bonds is 8. The van der Waals surface area contributed by atoms with Crippen molar-refractivity contribution in [3.05, 3.63) is 75.9 Å². The molecular formula is C26H28N2O4S. The van der Waals surface area contributed by atoms with Gasteiger partial charge in [-0.05, 0) is 62.4 Å². The van der Waals surface area contributed by atoms with Crippen molar-refractivity contribution < 1.29 is 18.8 Å².